The van der Waals surface area contributed by atoms with Crippen molar-refractivity contribution in [3.63, 3.8) is 0 Å². The number of hydrazine groups is 1. The van der Waals surface area contributed by atoms with Crippen molar-refractivity contribution in [2.75, 3.05) is 16.6 Å². The molecule has 4 rings (SSSR count). The fourth-order valence-corrected chi connectivity index (χ4v) is 2.84. The van der Waals surface area contributed by atoms with E-state index in [1.165, 1.54) is 6.07 Å². The number of anilines is 2. The first-order valence-corrected chi connectivity index (χ1v) is 7.37. The largest absolute Gasteiger partial charge is 0.416 e. The van der Waals surface area contributed by atoms with Crippen LogP contribution in [0.1, 0.15) is 5.56 Å². The number of fused-ring (bicyclic) bond motifs is 1. The van der Waals surface area contributed by atoms with Crippen molar-refractivity contribution >= 4 is 22.4 Å². The summed E-state index contributed by atoms with van der Waals surface area (Å²) in [5.41, 5.74) is 1.41. The summed E-state index contributed by atoms with van der Waals surface area (Å²) in [6.45, 7) is 0.496. The van der Waals surface area contributed by atoms with Crippen LogP contribution in [-0.2, 0) is 6.18 Å². The lowest BCUT2D eigenvalue weighted by atomic mass is 10.2. The first kappa shape index (κ1) is 14.6. The van der Waals surface area contributed by atoms with Gasteiger partial charge in [-0.2, -0.15) is 13.2 Å². The molecule has 3 heterocycles. The third-order valence-electron chi connectivity index (χ3n) is 3.94. The van der Waals surface area contributed by atoms with Gasteiger partial charge in [-0.15, -0.1) is 0 Å². The Bertz CT molecular complexity index is 913. The maximum absolute atomic E-state index is 13.0. The van der Waals surface area contributed by atoms with E-state index in [9.17, 15) is 13.2 Å². The molecule has 2 aromatic heterocycles. The summed E-state index contributed by atoms with van der Waals surface area (Å²) >= 11 is 0. The van der Waals surface area contributed by atoms with Gasteiger partial charge in [0.15, 0.2) is 0 Å². The van der Waals surface area contributed by atoms with E-state index in [1.807, 2.05) is 29.4 Å². The van der Waals surface area contributed by atoms with Crippen molar-refractivity contribution in [2.45, 2.75) is 6.18 Å². The maximum atomic E-state index is 13.0. The molecule has 24 heavy (non-hydrogen) atoms. The third kappa shape index (κ3) is 2.38. The molecule has 0 amide bonds. The summed E-state index contributed by atoms with van der Waals surface area (Å²) in [6.07, 6.45) is 2.85. The Morgan fingerprint density at radius 2 is 2.00 bits per heavy atom. The molecule has 0 spiro atoms. The molecule has 4 nitrogen and oxygen atoms in total. The molecule has 0 unspecified atom stereocenters. The molecule has 0 saturated carbocycles. The fraction of sp³-hybridized carbons (Fsp3) is 0.118. The van der Waals surface area contributed by atoms with Gasteiger partial charge >= 0.3 is 6.18 Å². The zero-order valence-corrected chi connectivity index (χ0v) is 12.5. The first-order valence-electron chi connectivity index (χ1n) is 7.37. The second kappa shape index (κ2) is 5.30. The van der Waals surface area contributed by atoms with Crippen LogP contribution in [0.4, 0.5) is 24.5 Å². The molecule has 1 aliphatic rings. The maximum Gasteiger partial charge on any atom is 0.416 e. The average Bonchev–Trinajstić information content (AvgIpc) is 3.23. The minimum atomic E-state index is -4.36. The van der Waals surface area contributed by atoms with Crippen molar-refractivity contribution in [2.24, 2.45) is 0 Å². The Balaban J connectivity index is 1.76. The SMILES string of the molecule is FC(F)(F)c1cccc(N2CC=CN2c2ccnc3[nH]ccc23)c1. The van der Waals surface area contributed by atoms with Crippen LogP contribution in [0.2, 0.25) is 0 Å². The summed E-state index contributed by atoms with van der Waals surface area (Å²) < 4.78 is 38.9. The Kier molecular flexibility index (Phi) is 3.23. The van der Waals surface area contributed by atoms with Crippen LogP contribution < -0.4 is 10.0 Å². The van der Waals surface area contributed by atoms with Gasteiger partial charge in [0, 0.05) is 24.0 Å². The zero-order valence-electron chi connectivity index (χ0n) is 12.5. The van der Waals surface area contributed by atoms with Gasteiger partial charge in [-0.25, -0.2) is 4.98 Å². The number of benzene rings is 1. The fourth-order valence-electron chi connectivity index (χ4n) is 2.84. The summed E-state index contributed by atoms with van der Waals surface area (Å²) in [7, 11) is 0. The van der Waals surface area contributed by atoms with Crippen LogP contribution in [0.25, 0.3) is 11.0 Å². The highest BCUT2D eigenvalue weighted by Gasteiger charge is 2.31. The second-order valence-corrected chi connectivity index (χ2v) is 5.43. The molecule has 122 valence electrons. The number of nitrogens with one attached hydrogen (secondary N) is 1. The number of nitrogens with zero attached hydrogens (tertiary/aromatic N) is 3. The van der Waals surface area contributed by atoms with Crippen molar-refractivity contribution in [3.05, 3.63) is 66.6 Å². The van der Waals surface area contributed by atoms with Crippen molar-refractivity contribution in [3.8, 4) is 0 Å². The minimum Gasteiger partial charge on any atom is -0.346 e. The standard InChI is InChI=1S/C17H13F3N4/c18-17(19,20)12-3-1-4-13(11-12)23-9-2-10-24(23)15-6-8-22-16-14(15)5-7-21-16/h1-8,10-11H,9H2,(H,21,22). The lowest BCUT2D eigenvalue weighted by molar-refractivity contribution is -0.137. The number of hydrogen-bond acceptors (Lipinski definition) is 3. The number of aromatic nitrogens is 2. The Labute approximate surface area is 135 Å². The highest BCUT2D eigenvalue weighted by molar-refractivity contribution is 5.91. The zero-order chi connectivity index (χ0) is 16.7. The molecular weight excluding hydrogens is 317 g/mol. The number of hydrogen-bond donors (Lipinski definition) is 1. The smallest absolute Gasteiger partial charge is 0.346 e. The molecule has 0 saturated heterocycles. The van der Waals surface area contributed by atoms with Gasteiger partial charge in [-0.1, -0.05) is 6.07 Å². The molecule has 7 heteroatoms. The molecule has 1 aliphatic heterocycles. The van der Waals surface area contributed by atoms with Crippen molar-refractivity contribution < 1.29 is 13.2 Å². The summed E-state index contributed by atoms with van der Waals surface area (Å²) in [4.78, 5) is 7.28. The van der Waals surface area contributed by atoms with E-state index in [-0.39, 0.29) is 0 Å². The lowest BCUT2D eigenvalue weighted by Gasteiger charge is -2.31. The number of H-pyrrole nitrogens is 1. The van der Waals surface area contributed by atoms with Gasteiger partial charge in [0.05, 0.1) is 23.5 Å². The number of alkyl halides is 3. The second-order valence-electron chi connectivity index (χ2n) is 5.43. The van der Waals surface area contributed by atoms with Gasteiger partial charge in [0.1, 0.15) is 5.65 Å². The lowest BCUT2D eigenvalue weighted by Crippen LogP contribution is -2.35. The first-order chi connectivity index (χ1) is 11.5. The van der Waals surface area contributed by atoms with Gasteiger partial charge in [-0.05, 0) is 36.4 Å². The van der Waals surface area contributed by atoms with Crippen LogP contribution in [0.5, 0.6) is 0 Å². The van der Waals surface area contributed by atoms with E-state index < -0.39 is 11.7 Å². The van der Waals surface area contributed by atoms with Crippen LogP contribution in [-0.4, -0.2) is 16.5 Å². The van der Waals surface area contributed by atoms with E-state index in [0.717, 1.165) is 28.9 Å². The summed E-state index contributed by atoms with van der Waals surface area (Å²) in [5.74, 6) is 0. The summed E-state index contributed by atoms with van der Waals surface area (Å²) in [5, 5.41) is 4.53. The van der Waals surface area contributed by atoms with Crippen molar-refractivity contribution in [1.29, 1.82) is 0 Å². The third-order valence-corrected chi connectivity index (χ3v) is 3.94. The molecule has 1 N–H and O–H groups in total. The quantitative estimate of drug-likeness (QED) is 0.759. The van der Waals surface area contributed by atoms with Crippen molar-refractivity contribution in [1.82, 2.24) is 9.97 Å². The molecule has 0 atom stereocenters. The van der Waals surface area contributed by atoms with E-state index in [1.54, 1.807) is 23.5 Å². The molecule has 1 aromatic carbocycles. The summed E-state index contributed by atoms with van der Waals surface area (Å²) in [6, 6.07) is 9.07. The normalized spacial score (nSPS) is 14.8. The molecule has 0 aliphatic carbocycles. The Morgan fingerprint density at radius 3 is 2.83 bits per heavy atom. The topological polar surface area (TPSA) is 35.2 Å². The highest BCUT2D eigenvalue weighted by Crippen LogP contribution is 2.35. The number of halogens is 3. The molecule has 0 radical (unpaired) electrons. The van der Waals surface area contributed by atoms with E-state index in [4.69, 9.17) is 0 Å². The van der Waals surface area contributed by atoms with E-state index in [2.05, 4.69) is 9.97 Å². The van der Waals surface area contributed by atoms with Gasteiger partial charge < -0.3 is 4.98 Å². The monoisotopic (exact) mass is 330 g/mol. The van der Waals surface area contributed by atoms with Gasteiger partial charge in [-0.3, -0.25) is 10.0 Å². The number of pyridine rings is 1. The number of aromatic amines is 1. The van der Waals surface area contributed by atoms with Gasteiger partial charge in [0.2, 0.25) is 0 Å². The Hall–Kier alpha value is -2.96. The number of rotatable bonds is 2. The predicted octanol–water partition coefficient (Wildman–Crippen LogP) is 4.34. The molecule has 0 bridgehead atoms. The molecular formula is C17H13F3N4. The molecule has 0 fully saturated rings. The van der Waals surface area contributed by atoms with E-state index in [0.29, 0.717) is 12.2 Å². The highest BCUT2D eigenvalue weighted by atomic mass is 19.4. The predicted molar refractivity (Wildman–Crippen MR) is 86.5 cm³/mol. The van der Waals surface area contributed by atoms with Crippen LogP contribution in [0.3, 0.4) is 0 Å². The van der Waals surface area contributed by atoms with Crippen LogP contribution >= 0.6 is 0 Å². The average molecular weight is 330 g/mol. The molecule has 3 aromatic rings. The minimum absolute atomic E-state index is 0.482. The van der Waals surface area contributed by atoms with E-state index >= 15 is 0 Å². The van der Waals surface area contributed by atoms with Gasteiger partial charge in [0.25, 0.3) is 0 Å². The van der Waals surface area contributed by atoms with Crippen LogP contribution in [0.15, 0.2) is 61.1 Å². The Morgan fingerprint density at radius 1 is 1.12 bits per heavy atom. The van der Waals surface area contributed by atoms with Crippen LogP contribution in [0, 0.1) is 0 Å².